The summed E-state index contributed by atoms with van der Waals surface area (Å²) >= 11 is 3.36. The molecule has 2 rings (SSSR count). The zero-order chi connectivity index (χ0) is 20.0. The van der Waals surface area contributed by atoms with Crippen LogP contribution in [0.3, 0.4) is 0 Å². The molecular formula is C20H23BrN2O4. The number of benzene rings is 2. The quantitative estimate of drug-likeness (QED) is 0.679. The second-order valence-electron chi connectivity index (χ2n) is 6.03. The van der Waals surface area contributed by atoms with Crippen LogP contribution in [-0.2, 0) is 4.79 Å². The highest BCUT2D eigenvalue weighted by Crippen LogP contribution is 2.25. The molecule has 0 fully saturated rings. The van der Waals surface area contributed by atoms with Crippen molar-refractivity contribution in [1.82, 2.24) is 10.9 Å². The minimum absolute atomic E-state index is 0.383. The van der Waals surface area contributed by atoms with E-state index >= 15 is 0 Å². The van der Waals surface area contributed by atoms with Gasteiger partial charge in [-0.2, -0.15) is 0 Å². The van der Waals surface area contributed by atoms with Crippen LogP contribution < -0.4 is 20.3 Å². The van der Waals surface area contributed by atoms with Gasteiger partial charge in [-0.1, -0.05) is 6.07 Å². The van der Waals surface area contributed by atoms with Gasteiger partial charge in [0, 0.05) is 5.56 Å². The van der Waals surface area contributed by atoms with E-state index in [0.29, 0.717) is 28.1 Å². The first-order valence-electron chi connectivity index (χ1n) is 8.58. The van der Waals surface area contributed by atoms with Gasteiger partial charge < -0.3 is 9.47 Å². The Morgan fingerprint density at radius 2 is 1.81 bits per heavy atom. The number of ether oxygens (including phenoxy) is 2. The monoisotopic (exact) mass is 434 g/mol. The SMILES string of the molecule is CCOc1ccc(C(=O)NNC(=O)C(C)Oc2ccc(C)c(C)c2)cc1Br. The van der Waals surface area contributed by atoms with Crippen molar-refractivity contribution in [2.45, 2.75) is 33.8 Å². The summed E-state index contributed by atoms with van der Waals surface area (Å²) in [6.07, 6.45) is -0.764. The molecule has 0 spiro atoms. The number of halogens is 1. The van der Waals surface area contributed by atoms with Crippen LogP contribution >= 0.6 is 15.9 Å². The highest BCUT2D eigenvalue weighted by atomic mass is 79.9. The standard InChI is InChI=1S/C20H23BrN2O4/c1-5-26-18-9-7-15(11-17(18)21)20(25)23-22-19(24)14(4)27-16-8-6-12(2)13(3)10-16/h6-11,14H,5H2,1-4H3,(H,22,24)(H,23,25). The van der Waals surface area contributed by atoms with Crippen LogP contribution in [0.2, 0.25) is 0 Å². The number of amides is 2. The van der Waals surface area contributed by atoms with Crippen LogP contribution in [-0.4, -0.2) is 24.5 Å². The Morgan fingerprint density at radius 1 is 1.07 bits per heavy atom. The Bertz CT molecular complexity index is 839. The second-order valence-corrected chi connectivity index (χ2v) is 6.88. The molecular weight excluding hydrogens is 412 g/mol. The maximum Gasteiger partial charge on any atom is 0.279 e. The van der Waals surface area contributed by atoms with Crippen LogP contribution in [0.4, 0.5) is 0 Å². The minimum atomic E-state index is -0.764. The molecule has 2 aromatic rings. The van der Waals surface area contributed by atoms with Crippen molar-refractivity contribution in [2.24, 2.45) is 0 Å². The summed E-state index contributed by atoms with van der Waals surface area (Å²) in [4.78, 5) is 24.4. The molecule has 7 heteroatoms. The number of nitrogens with one attached hydrogen (secondary N) is 2. The molecule has 2 aromatic carbocycles. The molecule has 0 saturated heterocycles. The zero-order valence-corrected chi connectivity index (χ0v) is 17.3. The van der Waals surface area contributed by atoms with Crippen molar-refractivity contribution in [3.05, 3.63) is 57.6 Å². The van der Waals surface area contributed by atoms with E-state index in [1.165, 1.54) is 0 Å². The molecule has 0 bridgehead atoms. The molecule has 2 N–H and O–H groups in total. The number of aryl methyl sites for hydroxylation is 2. The summed E-state index contributed by atoms with van der Waals surface area (Å²) in [5.41, 5.74) is 7.37. The first-order valence-corrected chi connectivity index (χ1v) is 9.37. The van der Waals surface area contributed by atoms with E-state index in [1.54, 1.807) is 25.1 Å². The predicted molar refractivity (Wildman–Crippen MR) is 107 cm³/mol. The summed E-state index contributed by atoms with van der Waals surface area (Å²) in [7, 11) is 0. The molecule has 0 aromatic heterocycles. The summed E-state index contributed by atoms with van der Waals surface area (Å²) in [5.74, 6) is 0.355. The van der Waals surface area contributed by atoms with Crippen molar-refractivity contribution in [3.8, 4) is 11.5 Å². The van der Waals surface area contributed by atoms with Gasteiger partial charge >= 0.3 is 0 Å². The van der Waals surface area contributed by atoms with E-state index in [9.17, 15) is 9.59 Å². The molecule has 27 heavy (non-hydrogen) atoms. The van der Waals surface area contributed by atoms with E-state index in [-0.39, 0.29) is 0 Å². The lowest BCUT2D eigenvalue weighted by atomic mass is 10.1. The normalized spacial score (nSPS) is 11.4. The molecule has 6 nitrogen and oxygen atoms in total. The van der Waals surface area contributed by atoms with Crippen LogP contribution in [0.25, 0.3) is 0 Å². The summed E-state index contributed by atoms with van der Waals surface area (Å²) in [6.45, 7) is 8.00. The number of hydrogen-bond donors (Lipinski definition) is 2. The van der Waals surface area contributed by atoms with E-state index < -0.39 is 17.9 Å². The number of hydrazine groups is 1. The lowest BCUT2D eigenvalue weighted by Crippen LogP contribution is -2.47. The maximum atomic E-state index is 12.2. The van der Waals surface area contributed by atoms with Crippen molar-refractivity contribution >= 4 is 27.7 Å². The van der Waals surface area contributed by atoms with Crippen LogP contribution in [0.5, 0.6) is 11.5 Å². The highest BCUT2D eigenvalue weighted by molar-refractivity contribution is 9.10. The number of hydrogen-bond acceptors (Lipinski definition) is 4. The van der Waals surface area contributed by atoms with Gasteiger partial charge in [0.05, 0.1) is 11.1 Å². The first-order chi connectivity index (χ1) is 12.8. The molecule has 1 unspecified atom stereocenters. The van der Waals surface area contributed by atoms with E-state index in [2.05, 4.69) is 26.8 Å². The average molecular weight is 435 g/mol. The number of carbonyl (C=O) groups excluding carboxylic acids is 2. The molecule has 0 aliphatic heterocycles. The summed E-state index contributed by atoms with van der Waals surface area (Å²) < 4.78 is 11.7. The number of carbonyl (C=O) groups is 2. The molecule has 1 atom stereocenters. The zero-order valence-electron chi connectivity index (χ0n) is 15.8. The van der Waals surface area contributed by atoms with Gasteiger partial charge in [0.2, 0.25) is 0 Å². The lowest BCUT2D eigenvalue weighted by molar-refractivity contribution is -0.128. The lowest BCUT2D eigenvalue weighted by Gasteiger charge is -2.16. The third-order valence-electron chi connectivity index (χ3n) is 3.95. The van der Waals surface area contributed by atoms with Gasteiger partial charge in [-0.15, -0.1) is 0 Å². The van der Waals surface area contributed by atoms with Crippen molar-refractivity contribution in [3.63, 3.8) is 0 Å². The van der Waals surface area contributed by atoms with Gasteiger partial charge in [0.15, 0.2) is 6.10 Å². The Kier molecular flexibility index (Phi) is 7.24. The average Bonchev–Trinajstić information content (AvgIpc) is 2.64. The molecule has 0 aliphatic rings. The summed E-state index contributed by atoms with van der Waals surface area (Å²) in [5, 5.41) is 0. The molecule has 2 amide bonds. The number of rotatable bonds is 6. The Morgan fingerprint density at radius 3 is 2.44 bits per heavy atom. The largest absolute Gasteiger partial charge is 0.493 e. The van der Waals surface area contributed by atoms with E-state index in [4.69, 9.17) is 9.47 Å². The highest BCUT2D eigenvalue weighted by Gasteiger charge is 2.16. The topological polar surface area (TPSA) is 76.7 Å². The van der Waals surface area contributed by atoms with Gasteiger partial charge in [-0.25, -0.2) is 0 Å². The van der Waals surface area contributed by atoms with E-state index in [1.807, 2.05) is 39.0 Å². The first kappa shape index (κ1) is 20.8. The fourth-order valence-corrected chi connectivity index (χ4v) is 2.74. The fraction of sp³-hybridized carbons (Fsp3) is 0.300. The van der Waals surface area contributed by atoms with Crippen molar-refractivity contribution in [1.29, 1.82) is 0 Å². The Labute approximate surface area is 167 Å². The van der Waals surface area contributed by atoms with Gasteiger partial charge in [-0.05, 0) is 85.1 Å². The van der Waals surface area contributed by atoms with Gasteiger partial charge in [0.25, 0.3) is 11.8 Å². The van der Waals surface area contributed by atoms with Crippen LogP contribution in [0.1, 0.15) is 35.3 Å². The predicted octanol–water partition coefficient (Wildman–Crippen LogP) is 3.69. The molecule has 0 heterocycles. The van der Waals surface area contributed by atoms with E-state index in [0.717, 1.165) is 11.1 Å². The van der Waals surface area contributed by atoms with Crippen LogP contribution in [0.15, 0.2) is 40.9 Å². The molecule has 0 radical (unpaired) electrons. The molecule has 144 valence electrons. The van der Waals surface area contributed by atoms with Crippen molar-refractivity contribution < 1.29 is 19.1 Å². The third kappa shape index (κ3) is 5.72. The maximum absolute atomic E-state index is 12.2. The van der Waals surface area contributed by atoms with Crippen molar-refractivity contribution in [2.75, 3.05) is 6.61 Å². The third-order valence-corrected chi connectivity index (χ3v) is 4.57. The van der Waals surface area contributed by atoms with Gasteiger partial charge in [0.1, 0.15) is 11.5 Å². The van der Waals surface area contributed by atoms with Crippen LogP contribution in [0, 0.1) is 13.8 Å². The Balaban J connectivity index is 1.91. The smallest absolute Gasteiger partial charge is 0.279 e. The second kappa shape index (κ2) is 9.41. The summed E-state index contributed by atoms with van der Waals surface area (Å²) in [6, 6.07) is 10.5. The molecule has 0 aliphatic carbocycles. The fourth-order valence-electron chi connectivity index (χ4n) is 2.25. The minimum Gasteiger partial charge on any atom is -0.493 e. The van der Waals surface area contributed by atoms with Gasteiger partial charge in [-0.3, -0.25) is 20.4 Å². The Hall–Kier alpha value is -2.54. The molecule has 0 saturated carbocycles.